The van der Waals surface area contributed by atoms with Crippen LogP contribution in [0, 0.1) is 0 Å². The van der Waals surface area contributed by atoms with Crippen molar-refractivity contribution in [2.24, 2.45) is 0 Å². The normalized spacial score (nSPS) is 13.1. The summed E-state index contributed by atoms with van der Waals surface area (Å²) >= 11 is 0. The maximum absolute atomic E-state index is 12.3. The number of aliphatic carboxylic acids is 1. The van der Waals surface area contributed by atoms with E-state index in [4.69, 9.17) is 0 Å². The molecule has 0 radical (unpaired) electrons. The Labute approximate surface area is 142 Å². The van der Waals surface area contributed by atoms with Crippen molar-refractivity contribution >= 4 is 11.9 Å². The molecule has 0 spiro atoms. The van der Waals surface area contributed by atoms with E-state index >= 15 is 0 Å². The molecule has 2 N–H and O–H groups in total. The van der Waals surface area contributed by atoms with Crippen LogP contribution >= 0.6 is 0 Å². The van der Waals surface area contributed by atoms with Gasteiger partial charge in [-0.3, -0.25) is 9.59 Å². The summed E-state index contributed by atoms with van der Waals surface area (Å²) < 4.78 is 0. The molecule has 0 aliphatic carbocycles. The number of benzene rings is 2. The number of carboxylic acids is 1. The molecule has 1 atom stereocenters. The van der Waals surface area contributed by atoms with Crippen molar-refractivity contribution in [2.75, 3.05) is 6.54 Å². The van der Waals surface area contributed by atoms with Crippen molar-refractivity contribution in [2.45, 2.75) is 32.1 Å². The molecule has 0 aliphatic heterocycles. The fraction of sp³-hybridized carbons (Fsp3) is 0.300. The van der Waals surface area contributed by atoms with Gasteiger partial charge in [0.1, 0.15) is 5.41 Å². The van der Waals surface area contributed by atoms with Gasteiger partial charge in [0.2, 0.25) is 5.91 Å². The molecule has 0 fully saturated rings. The van der Waals surface area contributed by atoms with Gasteiger partial charge in [-0.2, -0.15) is 0 Å². The summed E-state index contributed by atoms with van der Waals surface area (Å²) in [6.07, 6.45) is 1.12. The molecular formula is C20H23NO3. The van der Waals surface area contributed by atoms with E-state index in [9.17, 15) is 14.7 Å². The van der Waals surface area contributed by atoms with Crippen LogP contribution in [0.3, 0.4) is 0 Å². The number of hydrogen-bond donors (Lipinski definition) is 2. The minimum atomic E-state index is -1.15. The van der Waals surface area contributed by atoms with Crippen molar-refractivity contribution < 1.29 is 14.7 Å². The lowest BCUT2D eigenvalue weighted by Crippen LogP contribution is -2.44. The number of carbonyl (C=O) groups is 2. The molecule has 2 rings (SSSR count). The van der Waals surface area contributed by atoms with Gasteiger partial charge in [-0.15, -0.1) is 0 Å². The van der Waals surface area contributed by atoms with Gasteiger partial charge < -0.3 is 10.4 Å². The number of carbonyl (C=O) groups excluding carboxylic acids is 1. The Bertz CT molecular complexity index is 712. The first-order chi connectivity index (χ1) is 11.5. The first-order valence-electron chi connectivity index (χ1n) is 8.09. The van der Waals surface area contributed by atoms with Crippen molar-refractivity contribution in [3.63, 3.8) is 0 Å². The monoisotopic (exact) mass is 325 g/mol. The molecule has 0 saturated heterocycles. The lowest BCUT2D eigenvalue weighted by atomic mass is 9.82. The standard InChI is InChI=1S/C20H23NO3/c1-3-15-9-7-8-10-16(15)13-18(22)21-14-20(2,19(23)24)17-11-5-4-6-12-17/h4-12H,3,13-14H2,1-2H3,(H,21,22)(H,23,24). The molecule has 24 heavy (non-hydrogen) atoms. The van der Waals surface area contributed by atoms with Crippen LogP contribution in [0.1, 0.15) is 30.5 Å². The van der Waals surface area contributed by atoms with Gasteiger partial charge in [0.05, 0.1) is 6.42 Å². The smallest absolute Gasteiger partial charge is 0.315 e. The third kappa shape index (κ3) is 4.02. The van der Waals surface area contributed by atoms with Crippen LogP contribution in [0.5, 0.6) is 0 Å². The number of carboxylic acid groups (broad SMARTS) is 1. The minimum Gasteiger partial charge on any atom is -0.481 e. The molecular weight excluding hydrogens is 302 g/mol. The SMILES string of the molecule is CCc1ccccc1CC(=O)NCC(C)(C(=O)O)c1ccccc1. The third-order valence-electron chi connectivity index (χ3n) is 4.37. The van der Waals surface area contributed by atoms with Gasteiger partial charge in [-0.25, -0.2) is 0 Å². The third-order valence-corrected chi connectivity index (χ3v) is 4.37. The second-order valence-corrected chi connectivity index (χ2v) is 6.08. The maximum Gasteiger partial charge on any atom is 0.315 e. The van der Waals surface area contributed by atoms with Crippen LogP contribution in [0.4, 0.5) is 0 Å². The summed E-state index contributed by atoms with van der Waals surface area (Å²) in [7, 11) is 0. The molecule has 1 amide bonds. The Kier molecular flexibility index (Phi) is 5.74. The lowest BCUT2D eigenvalue weighted by Gasteiger charge is -2.25. The molecule has 4 nitrogen and oxygen atoms in total. The second kappa shape index (κ2) is 7.77. The maximum atomic E-state index is 12.3. The number of hydrogen-bond acceptors (Lipinski definition) is 2. The average molecular weight is 325 g/mol. The number of aryl methyl sites for hydroxylation is 1. The summed E-state index contributed by atoms with van der Waals surface area (Å²) in [4.78, 5) is 24.0. The first kappa shape index (κ1) is 17.7. The fourth-order valence-corrected chi connectivity index (χ4v) is 2.69. The topological polar surface area (TPSA) is 66.4 Å². The summed E-state index contributed by atoms with van der Waals surface area (Å²) in [5.74, 6) is -1.12. The van der Waals surface area contributed by atoms with E-state index in [0.717, 1.165) is 17.5 Å². The molecule has 4 heteroatoms. The molecule has 0 aromatic heterocycles. The number of nitrogens with one attached hydrogen (secondary N) is 1. The van der Waals surface area contributed by atoms with E-state index in [1.807, 2.05) is 37.3 Å². The summed E-state index contributed by atoms with van der Waals surface area (Å²) in [6, 6.07) is 16.8. The molecule has 2 aromatic carbocycles. The second-order valence-electron chi connectivity index (χ2n) is 6.08. The van der Waals surface area contributed by atoms with Crippen LogP contribution in [-0.2, 0) is 27.8 Å². The van der Waals surface area contributed by atoms with E-state index in [2.05, 4.69) is 5.32 Å². The van der Waals surface area contributed by atoms with Crippen LogP contribution in [0.15, 0.2) is 54.6 Å². The Morgan fingerprint density at radius 2 is 1.58 bits per heavy atom. The highest BCUT2D eigenvalue weighted by Gasteiger charge is 2.35. The van der Waals surface area contributed by atoms with Crippen molar-refractivity contribution in [3.05, 3.63) is 71.3 Å². The summed E-state index contributed by atoms with van der Waals surface area (Å²) in [6.45, 7) is 3.73. The van der Waals surface area contributed by atoms with Crippen LogP contribution < -0.4 is 5.32 Å². The Balaban J connectivity index is 2.07. The number of rotatable bonds is 7. The Morgan fingerprint density at radius 1 is 1.00 bits per heavy atom. The molecule has 0 saturated carbocycles. The van der Waals surface area contributed by atoms with Gasteiger partial charge in [-0.1, -0.05) is 61.5 Å². The number of amides is 1. The zero-order valence-corrected chi connectivity index (χ0v) is 14.1. The Morgan fingerprint density at radius 3 is 2.17 bits per heavy atom. The minimum absolute atomic E-state index is 0.0550. The Hall–Kier alpha value is -2.62. The van der Waals surface area contributed by atoms with Gasteiger partial charge in [0.15, 0.2) is 0 Å². The average Bonchev–Trinajstić information content (AvgIpc) is 2.60. The highest BCUT2D eigenvalue weighted by atomic mass is 16.4. The van der Waals surface area contributed by atoms with Gasteiger partial charge in [0, 0.05) is 6.54 Å². The summed E-state index contributed by atoms with van der Waals surface area (Å²) in [5.41, 5.74) is 1.64. The van der Waals surface area contributed by atoms with Crippen LogP contribution in [0.2, 0.25) is 0 Å². The van der Waals surface area contributed by atoms with Crippen LogP contribution in [-0.4, -0.2) is 23.5 Å². The fourth-order valence-electron chi connectivity index (χ4n) is 2.69. The quantitative estimate of drug-likeness (QED) is 0.822. The van der Waals surface area contributed by atoms with E-state index in [1.165, 1.54) is 0 Å². The van der Waals surface area contributed by atoms with E-state index in [-0.39, 0.29) is 18.9 Å². The molecule has 0 bridgehead atoms. The van der Waals surface area contributed by atoms with Gasteiger partial charge >= 0.3 is 5.97 Å². The molecule has 0 aliphatic rings. The zero-order valence-electron chi connectivity index (χ0n) is 14.1. The van der Waals surface area contributed by atoms with Gasteiger partial charge in [0.25, 0.3) is 0 Å². The van der Waals surface area contributed by atoms with E-state index in [1.54, 1.807) is 31.2 Å². The van der Waals surface area contributed by atoms with E-state index < -0.39 is 11.4 Å². The van der Waals surface area contributed by atoms with E-state index in [0.29, 0.717) is 5.56 Å². The predicted molar refractivity (Wildman–Crippen MR) is 94.0 cm³/mol. The largest absolute Gasteiger partial charge is 0.481 e. The first-order valence-corrected chi connectivity index (χ1v) is 8.09. The molecule has 2 aromatic rings. The summed E-state index contributed by atoms with van der Waals surface area (Å²) in [5, 5.41) is 12.4. The highest BCUT2D eigenvalue weighted by Crippen LogP contribution is 2.23. The van der Waals surface area contributed by atoms with Crippen LogP contribution in [0.25, 0.3) is 0 Å². The van der Waals surface area contributed by atoms with Gasteiger partial charge in [-0.05, 0) is 30.0 Å². The molecule has 1 unspecified atom stereocenters. The highest BCUT2D eigenvalue weighted by molar-refractivity contribution is 5.84. The van der Waals surface area contributed by atoms with Crippen molar-refractivity contribution in [1.29, 1.82) is 0 Å². The van der Waals surface area contributed by atoms with Crippen molar-refractivity contribution in [1.82, 2.24) is 5.32 Å². The zero-order chi connectivity index (χ0) is 17.6. The van der Waals surface area contributed by atoms with Crippen molar-refractivity contribution in [3.8, 4) is 0 Å². The lowest BCUT2D eigenvalue weighted by molar-refractivity contribution is -0.143. The molecule has 0 heterocycles. The predicted octanol–water partition coefficient (Wildman–Crippen LogP) is 2.95. The molecule has 126 valence electrons.